The van der Waals surface area contributed by atoms with Crippen molar-refractivity contribution in [1.29, 1.82) is 0 Å². The van der Waals surface area contributed by atoms with Crippen molar-refractivity contribution in [3.8, 4) is 0 Å². The summed E-state index contributed by atoms with van der Waals surface area (Å²) in [7, 11) is 0. The highest BCUT2D eigenvalue weighted by Gasteiger charge is 2.11. The van der Waals surface area contributed by atoms with Crippen molar-refractivity contribution in [1.82, 2.24) is 0 Å². The lowest BCUT2D eigenvalue weighted by Gasteiger charge is -2.12. The van der Waals surface area contributed by atoms with Gasteiger partial charge < -0.3 is 24.8 Å². The average Bonchev–Trinajstić information content (AvgIpc) is 3.09. The number of aliphatic hydroxyl groups is 3. The van der Waals surface area contributed by atoms with Gasteiger partial charge in [0.2, 0.25) is 0 Å². The van der Waals surface area contributed by atoms with Crippen LogP contribution in [-0.2, 0) is 19.1 Å². The molecule has 286 valence electrons. The molecule has 3 N–H and O–H groups in total. The summed E-state index contributed by atoms with van der Waals surface area (Å²) in [5.74, 6) is 0.0981. The van der Waals surface area contributed by atoms with E-state index in [1.54, 1.807) is 24.3 Å². The van der Waals surface area contributed by atoms with E-state index in [0.29, 0.717) is 32.1 Å². The molecule has 0 aliphatic carbocycles. The second kappa shape index (κ2) is 36.1. The summed E-state index contributed by atoms with van der Waals surface area (Å²) in [4.78, 5) is 23.9. The maximum Gasteiger partial charge on any atom is 0.306 e. The van der Waals surface area contributed by atoms with Crippen molar-refractivity contribution in [2.24, 2.45) is 5.92 Å². The van der Waals surface area contributed by atoms with Crippen molar-refractivity contribution in [3.63, 3.8) is 0 Å². The van der Waals surface area contributed by atoms with E-state index in [1.165, 1.54) is 64.2 Å². The van der Waals surface area contributed by atoms with Gasteiger partial charge in [0.25, 0.3) is 0 Å². The van der Waals surface area contributed by atoms with E-state index in [2.05, 4.69) is 20.8 Å². The normalized spacial score (nSPS) is 14.4. The summed E-state index contributed by atoms with van der Waals surface area (Å²) in [5.41, 5.74) is 0. The van der Waals surface area contributed by atoms with E-state index >= 15 is 0 Å². The fourth-order valence-corrected chi connectivity index (χ4v) is 5.06. The number of hydrogen-bond acceptors (Lipinski definition) is 7. The number of unbranched alkanes of at least 4 members (excludes halogenated alkanes) is 11. The molecule has 7 heteroatoms. The highest BCUT2D eigenvalue weighted by molar-refractivity contribution is 5.70. The molecular weight excluding hydrogens is 628 g/mol. The maximum atomic E-state index is 12.0. The predicted molar refractivity (Wildman–Crippen MR) is 208 cm³/mol. The number of ether oxygens (including phenoxy) is 2. The minimum absolute atomic E-state index is 0.170. The van der Waals surface area contributed by atoms with E-state index in [0.717, 1.165) is 31.6 Å². The third-order valence-corrected chi connectivity index (χ3v) is 8.06. The van der Waals surface area contributed by atoms with E-state index in [9.17, 15) is 24.9 Å². The zero-order chi connectivity index (χ0) is 36.9. The van der Waals surface area contributed by atoms with Crippen LogP contribution in [0.2, 0.25) is 0 Å². The molecule has 7 nitrogen and oxygen atoms in total. The summed E-state index contributed by atoms with van der Waals surface area (Å²) in [5, 5.41) is 29.8. The summed E-state index contributed by atoms with van der Waals surface area (Å²) >= 11 is 0. The molecule has 0 rings (SSSR count). The first-order chi connectivity index (χ1) is 24.2. The Labute approximate surface area is 305 Å². The molecule has 0 saturated carbocycles. The van der Waals surface area contributed by atoms with Gasteiger partial charge in [0.15, 0.2) is 0 Å². The van der Waals surface area contributed by atoms with E-state index in [1.807, 2.05) is 48.6 Å². The van der Waals surface area contributed by atoms with Crippen LogP contribution in [0.3, 0.4) is 0 Å². The summed E-state index contributed by atoms with van der Waals surface area (Å²) < 4.78 is 10.2. The van der Waals surface area contributed by atoms with Crippen molar-refractivity contribution in [2.75, 3.05) is 13.2 Å². The first-order valence-corrected chi connectivity index (χ1v) is 19.6. The molecule has 0 aromatic rings. The quantitative estimate of drug-likeness (QED) is 0.0270. The number of carbonyl (C=O) groups is 2. The average molecular weight is 701 g/mol. The van der Waals surface area contributed by atoms with Gasteiger partial charge in [-0.3, -0.25) is 9.59 Å². The maximum absolute atomic E-state index is 12.0. The van der Waals surface area contributed by atoms with Crippen LogP contribution in [0.25, 0.3) is 0 Å². The molecule has 0 amide bonds. The highest BCUT2D eigenvalue weighted by atomic mass is 16.6. The Morgan fingerprint density at radius 3 is 1.54 bits per heavy atom. The Kier molecular flexibility index (Phi) is 34.1. The molecule has 3 atom stereocenters. The topological polar surface area (TPSA) is 113 Å². The van der Waals surface area contributed by atoms with Crippen molar-refractivity contribution in [3.05, 3.63) is 72.9 Å². The first-order valence-electron chi connectivity index (χ1n) is 19.6. The lowest BCUT2D eigenvalue weighted by molar-refractivity contribution is -0.152. The minimum atomic E-state index is -1.03. The Bertz CT molecular complexity index is 976. The van der Waals surface area contributed by atoms with Crippen molar-refractivity contribution >= 4 is 11.9 Å². The largest absolute Gasteiger partial charge is 0.463 e. The van der Waals surface area contributed by atoms with E-state index in [4.69, 9.17) is 9.47 Å². The van der Waals surface area contributed by atoms with Crippen LogP contribution in [0, 0.1) is 5.92 Å². The number of esters is 2. The summed E-state index contributed by atoms with van der Waals surface area (Å²) in [6.45, 7) is 6.29. The second-order valence-electron chi connectivity index (χ2n) is 13.6. The minimum Gasteiger partial charge on any atom is -0.463 e. The van der Waals surface area contributed by atoms with Crippen LogP contribution >= 0.6 is 0 Å². The second-order valence-corrected chi connectivity index (χ2v) is 13.6. The lowest BCUT2D eigenvalue weighted by atomic mass is 10.0. The molecule has 0 aliphatic heterocycles. The number of hydrogen-bond donors (Lipinski definition) is 3. The first kappa shape index (κ1) is 47.3. The third kappa shape index (κ3) is 36.5. The molecule has 0 aromatic carbocycles. The van der Waals surface area contributed by atoms with Crippen LogP contribution in [0.1, 0.15) is 149 Å². The van der Waals surface area contributed by atoms with Gasteiger partial charge in [-0.1, -0.05) is 171 Å². The van der Waals surface area contributed by atoms with Gasteiger partial charge in [-0.2, -0.15) is 0 Å². The van der Waals surface area contributed by atoms with E-state index < -0.39 is 24.3 Å². The number of rotatable bonds is 33. The smallest absolute Gasteiger partial charge is 0.306 e. The summed E-state index contributed by atoms with van der Waals surface area (Å²) in [6.07, 6.45) is 40.3. The number of allylic oxidation sites excluding steroid dienone is 8. The van der Waals surface area contributed by atoms with Crippen LogP contribution in [-0.4, -0.2) is 58.8 Å². The molecule has 0 radical (unpaired) electrons. The van der Waals surface area contributed by atoms with Crippen molar-refractivity contribution < 1.29 is 34.4 Å². The SMILES string of the molecule is CC/C=C\C[C@@H](O)/C=C/C=C\C=C\[C@@H](O)C/C=C\C/C=C\CCC(=O)OC[C@H](O)COC(=O)CCCCCCCCCCCCCCC(C)C. The molecule has 0 heterocycles. The van der Waals surface area contributed by atoms with Gasteiger partial charge in [0.05, 0.1) is 12.2 Å². The summed E-state index contributed by atoms with van der Waals surface area (Å²) in [6, 6.07) is 0. The van der Waals surface area contributed by atoms with E-state index in [-0.39, 0.29) is 25.6 Å². The van der Waals surface area contributed by atoms with Gasteiger partial charge in [0, 0.05) is 12.8 Å². The van der Waals surface area contributed by atoms with Gasteiger partial charge in [-0.05, 0) is 44.4 Å². The lowest BCUT2D eigenvalue weighted by Crippen LogP contribution is -2.25. The Morgan fingerprint density at radius 1 is 0.560 bits per heavy atom. The van der Waals surface area contributed by atoms with Gasteiger partial charge in [-0.15, -0.1) is 0 Å². The molecular formula is C43H72O7. The third-order valence-electron chi connectivity index (χ3n) is 8.06. The van der Waals surface area contributed by atoms with Crippen LogP contribution in [0.15, 0.2) is 72.9 Å². The number of aliphatic hydroxyl groups excluding tert-OH is 3. The molecule has 0 aliphatic rings. The monoisotopic (exact) mass is 701 g/mol. The highest BCUT2D eigenvalue weighted by Crippen LogP contribution is 2.14. The Hall–Kier alpha value is -2.74. The fourth-order valence-electron chi connectivity index (χ4n) is 5.06. The molecule has 0 saturated heterocycles. The zero-order valence-corrected chi connectivity index (χ0v) is 31.8. The van der Waals surface area contributed by atoms with Gasteiger partial charge in [0.1, 0.15) is 19.3 Å². The molecule has 0 fully saturated rings. The van der Waals surface area contributed by atoms with Crippen LogP contribution < -0.4 is 0 Å². The molecule has 0 unspecified atom stereocenters. The molecule has 0 aromatic heterocycles. The molecule has 0 bridgehead atoms. The fraction of sp³-hybridized carbons (Fsp3) is 0.674. The zero-order valence-electron chi connectivity index (χ0n) is 31.8. The predicted octanol–water partition coefficient (Wildman–Crippen LogP) is 9.97. The molecule has 0 spiro atoms. The number of carbonyl (C=O) groups excluding carboxylic acids is 2. The van der Waals surface area contributed by atoms with Gasteiger partial charge >= 0.3 is 11.9 Å². The Morgan fingerprint density at radius 2 is 1.02 bits per heavy atom. The van der Waals surface area contributed by atoms with Crippen molar-refractivity contribution in [2.45, 2.75) is 167 Å². The standard InChI is InChI=1S/C43H72O7/c1-4-5-22-30-39(44)32-25-20-21-26-33-40(45)31-24-17-14-15-19-28-35-43(48)50-37-41(46)36-49-42(47)34-27-18-13-11-9-7-6-8-10-12-16-23-29-38(2)3/h5,15,17,19-22,24-26,32-33,38-41,44-46H,4,6-14,16,18,23,27-31,34-37H2,1-3H3/b19-15-,21-20-,22-5-,24-17-,32-25+,33-26+/t39-,40+,41-/m1/s1. The van der Waals surface area contributed by atoms with Crippen LogP contribution in [0.4, 0.5) is 0 Å². The van der Waals surface area contributed by atoms with Crippen LogP contribution in [0.5, 0.6) is 0 Å². The Balaban J connectivity index is 3.71. The van der Waals surface area contributed by atoms with Gasteiger partial charge in [-0.25, -0.2) is 0 Å². The molecule has 50 heavy (non-hydrogen) atoms.